The second kappa shape index (κ2) is 12.2. The number of esters is 1. The van der Waals surface area contributed by atoms with E-state index in [9.17, 15) is 14.7 Å². The predicted molar refractivity (Wildman–Crippen MR) is 135 cm³/mol. The molecule has 1 saturated carbocycles. The quantitative estimate of drug-likeness (QED) is 0.389. The number of fused-ring (bicyclic) bond motifs is 2. The largest absolute Gasteiger partial charge is 0.482 e. The number of ether oxygens (including phenoxy) is 2. The molecule has 3 rings (SSSR count). The molecule has 1 unspecified atom stereocenters. The zero-order chi connectivity index (χ0) is 25.7. The van der Waals surface area contributed by atoms with Gasteiger partial charge in [-0.2, -0.15) is 0 Å². The van der Waals surface area contributed by atoms with E-state index in [4.69, 9.17) is 14.6 Å². The van der Waals surface area contributed by atoms with Gasteiger partial charge in [-0.25, -0.2) is 4.79 Å². The van der Waals surface area contributed by atoms with E-state index in [-0.39, 0.29) is 42.5 Å². The Kier molecular flexibility index (Phi) is 9.62. The van der Waals surface area contributed by atoms with Gasteiger partial charge in [0.2, 0.25) is 0 Å². The van der Waals surface area contributed by atoms with Crippen LogP contribution >= 0.6 is 0 Å². The highest BCUT2D eigenvalue weighted by Gasteiger charge is 2.47. The minimum Gasteiger partial charge on any atom is -0.482 e. The third-order valence-corrected chi connectivity index (χ3v) is 7.82. The fourth-order valence-electron chi connectivity index (χ4n) is 6.29. The number of hydrogen-bond donors (Lipinski definition) is 2. The van der Waals surface area contributed by atoms with Gasteiger partial charge in [-0.05, 0) is 91.2 Å². The Labute approximate surface area is 210 Å². The highest BCUT2D eigenvalue weighted by Crippen LogP contribution is 2.49. The maximum absolute atomic E-state index is 12.6. The lowest BCUT2D eigenvalue weighted by Gasteiger charge is -2.33. The number of aliphatic hydroxyl groups excluding tert-OH is 1. The molecule has 0 bridgehead atoms. The molecule has 0 saturated heterocycles. The van der Waals surface area contributed by atoms with Gasteiger partial charge < -0.3 is 19.7 Å². The first-order chi connectivity index (χ1) is 16.5. The van der Waals surface area contributed by atoms with Gasteiger partial charge >= 0.3 is 11.9 Å². The molecule has 0 radical (unpaired) electrons. The molecule has 0 aromatic heterocycles. The Balaban J connectivity index is 1.76. The van der Waals surface area contributed by atoms with Gasteiger partial charge in [-0.1, -0.05) is 46.8 Å². The second-order valence-electron chi connectivity index (χ2n) is 11.7. The molecule has 6 nitrogen and oxygen atoms in total. The van der Waals surface area contributed by atoms with Gasteiger partial charge in [0.25, 0.3) is 0 Å². The molecule has 35 heavy (non-hydrogen) atoms. The molecule has 1 aromatic rings. The first kappa shape index (κ1) is 27.5. The van der Waals surface area contributed by atoms with Crippen LogP contribution in [0, 0.1) is 35.5 Å². The Bertz CT molecular complexity index is 863. The van der Waals surface area contributed by atoms with Gasteiger partial charge in [-0.3, -0.25) is 4.79 Å². The first-order valence-electron chi connectivity index (χ1n) is 13.4. The SMILES string of the molecule is CC(C)CC(=O)O[C@@H]1C[C@@H]2Cc3c(cccc3OCC(=O)O)C[C@@H]2[C@H]1CC[C@@H](O)C(C)CC(C)C. The molecule has 0 spiro atoms. The summed E-state index contributed by atoms with van der Waals surface area (Å²) in [6.07, 6.45) is 4.96. The van der Waals surface area contributed by atoms with Crippen molar-refractivity contribution in [2.75, 3.05) is 6.61 Å². The van der Waals surface area contributed by atoms with Crippen molar-refractivity contribution in [1.82, 2.24) is 0 Å². The van der Waals surface area contributed by atoms with E-state index < -0.39 is 5.97 Å². The Morgan fingerprint density at radius 1 is 1.09 bits per heavy atom. The topological polar surface area (TPSA) is 93.1 Å². The summed E-state index contributed by atoms with van der Waals surface area (Å²) in [6, 6.07) is 5.88. The van der Waals surface area contributed by atoms with Crippen molar-refractivity contribution < 1.29 is 29.3 Å². The number of aliphatic hydroxyl groups is 1. The molecule has 6 heteroatoms. The molecule has 2 aliphatic carbocycles. The molecule has 0 heterocycles. The standard InChI is InChI=1S/C29H44O6/c1-17(2)11-19(5)25(30)10-9-22-23-13-20-7-6-8-26(34-16-28(31)32)24(20)14-21(23)15-27(22)35-29(33)12-18(3)4/h6-8,17-19,21-23,25,27,30H,9-16H2,1-5H3,(H,31,32)/t19?,21-,22+,23-,25+,27+/m0/s1. The minimum atomic E-state index is -0.986. The molecule has 1 aromatic carbocycles. The van der Waals surface area contributed by atoms with Crippen LogP contribution in [0.2, 0.25) is 0 Å². The lowest BCUT2D eigenvalue weighted by molar-refractivity contribution is -0.152. The van der Waals surface area contributed by atoms with Crippen molar-refractivity contribution in [2.24, 2.45) is 35.5 Å². The molecule has 2 N–H and O–H groups in total. The average molecular weight is 489 g/mol. The highest BCUT2D eigenvalue weighted by molar-refractivity contribution is 5.70. The van der Waals surface area contributed by atoms with Crippen LogP contribution in [-0.2, 0) is 27.2 Å². The normalized spacial score (nSPS) is 25.1. The summed E-state index contributed by atoms with van der Waals surface area (Å²) >= 11 is 0. The van der Waals surface area contributed by atoms with Crippen LogP contribution in [0.1, 0.15) is 77.8 Å². The first-order valence-corrected chi connectivity index (χ1v) is 13.4. The monoisotopic (exact) mass is 488 g/mol. The summed E-state index contributed by atoms with van der Waals surface area (Å²) in [6.45, 7) is 10.2. The average Bonchev–Trinajstić information content (AvgIpc) is 3.08. The van der Waals surface area contributed by atoms with E-state index in [1.54, 1.807) is 0 Å². The van der Waals surface area contributed by atoms with E-state index in [0.717, 1.165) is 37.7 Å². The van der Waals surface area contributed by atoms with Gasteiger partial charge in [0, 0.05) is 6.42 Å². The molecule has 6 atom stereocenters. The van der Waals surface area contributed by atoms with E-state index in [2.05, 4.69) is 26.8 Å². The van der Waals surface area contributed by atoms with Crippen molar-refractivity contribution in [3.63, 3.8) is 0 Å². The van der Waals surface area contributed by atoms with Crippen LogP contribution < -0.4 is 4.74 Å². The Morgan fingerprint density at radius 3 is 2.49 bits per heavy atom. The molecule has 2 aliphatic rings. The van der Waals surface area contributed by atoms with Gasteiger partial charge in [-0.15, -0.1) is 0 Å². The Morgan fingerprint density at radius 2 is 1.83 bits per heavy atom. The zero-order valence-electron chi connectivity index (χ0n) is 22.0. The molecule has 0 amide bonds. The van der Waals surface area contributed by atoms with E-state index >= 15 is 0 Å². The highest BCUT2D eigenvalue weighted by atomic mass is 16.5. The van der Waals surface area contributed by atoms with Crippen LogP contribution in [0.15, 0.2) is 18.2 Å². The number of carbonyl (C=O) groups excluding carboxylic acids is 1. The fourth-order valence-corrected chi connectivity index (χ4v) is 6.29. The summed E-state index contributed by atoms with van der Waals surface area (Å²) in [7, 11) is 0. The summed E-state index contributed by atoms with van der Waals surface area (Å²) in [5, 5.41) is 19.9. The smallest absolute Gasteiger partial charge is 0.341 e. The predicted octanol–water partition coefficient (Wildman–Crippen LogP) is 5.28. The van der Waals surface area contributed by atoms with Crippen LogP contribution in [0.5, 0.6) is 5.75 Å². The molecule has 0 aliphatic heterocycles. The Hall–Kier alpha value is -2.08. The summed E-state index contributed by atoms with van der Waals surface area (Å²) in [4.78, 5) is 23.6. The molecule has 1 fully saturated rings. The fraction of sp³-hybridized carbons (Fsp3) is 0.724. The van der Waals surface area contributed by atoms with Gasteiger partial charge in [0.05, 0.1) is 6.10 Å². The van der Waals surface area contributed by atoms with Gasteiger partial charge in [0.15, 0.2) is 6.61 Å². The van der Waals surface area contributed by atoms with Gasteiger partial charge in [0.1, 0.15) is 11.9 Å². The van der Waals surface area contributed by atoms with Crippen LogP contribution in [0.4, 0.5) is 0 Å². The van der Waals surface area contributed by atoms with Crippen molar-refractivity contribution in [3.05, 3.63) is 29.3 Å². The van der Waals surface area contributed by atoms with Crippen LogP contribution in [-0.4, -0.2) is 41.0 Å². The van der Waals surface area contributed by atoms with Crippen molar-refractivity contribution in [3.8, 4) is 5.75 Å². The number of hydrogen-bond acceptors (Lipinski definition) is 5. The van der Waals surface area contributed by atoms with Crippen molar-refractivity contribution >= 4 is 11.9 Å². The third-order valence-electron chi connectivity index (χ3n) is 7.82. The number of aliphatic carboxylic acids is 1. The number of benzene rings is 1. The zero-order valence-corrected chi connectivity index (χ0v) is 22.0. The number of carboxylic acids is 1. The molecule has 196 valence electrons. The summed E-state index contributed by atoms with van der Waals surface area (Å²) < 4.78 is 11.7. The van der Waals surface area contributed by atoms with Crippen LogP contribution in [0.3, 0.4) is 0 Å². The summed E-state index contributed by atoms with van der Waals surface area (Å²) in [5.74, 6) is 1.52. The van der Waals surface area contributed by atoms with E-state index in [1.165, 1.54) is 5.56 Å². The summed E-state index contributed by atoms with van der Waals surface area (Å²) in [5.41, 5.74) is 2.29. The van der Waals surface area contributed by atoms with E-state index in [0.29, 0.717) is 36.3 Å². The third kappa shape index (κ3) is 7.45. The lowest BCUT2D eigenvalue weighted by atomic mass is 9.73. The number of carboxylic acid groups (broad SMARTS) is 1. The maximum Gasteiger partial charge on any atom is 0.341 e. The van der Waals surface area contributed by atoms with Crippen LogP contribution in [0.25, 0.3) is 0 Å². The lowest BCUT2D eigenvalue weighted by Crippen LogP contribution is -2.31. The molecular formula is C29H44O6. The maximum atomic E-state index is 12.6. The number of carbonyl (C=O) groups is 2. The van der Waals surface area contributed by atoms with Crippen molar-refractivity contribution in [2.45, 2.75) is 91.8 Å². The number of rotatable bonds is 12. The van der Waals surface area contributed by atoms with E-state index in [1.807, 2.05) is 26.0 Å². The minimum absolute atomic E-state index is 0.134. The second-order valence-corrected chi connectivity index (χ2v) is 11.7. The van der Waals surface area contributed by atoms with Crippen molar-refractivity contribution in [1.29, 1.82) is 0 Å². The molecular weight excluding hydrogens is 444 g/mol.